The molecule has 104 valence electrons. The zero-order valence-corrected chi connectivity index (χ0v) is 12.0. The van der Waals surface area contributed by atoms with Gasteiger partial charge in [0, 0.05) is 31.3 Å². The molecular weight excluding hydrogens is 252 g/mol. The molecule has 0 saturated heterocycles. The number of aryl methyl sites for hydroxylation is 1. The Morgan fingerprint density at radius 2 is 2.28 bits per heavy atom. The van der Waals surface area contributed by atoms with Gasteiger partial charge in [-0.25, -0.2) is 4.98 Å². The minimum atomic E-state index is -0.509. The van der Waals surface area contributed by atoms with Crippen LogP contribution in [-0.4, -0.2) is 49.2 Å². The van der Waals surface area contributed by atoms with Crippen molar-refractivity contribution in [1.29, 1.82) is 0 Å². The highest BCUT2D eigenvalue weighted by atomic mass is 32.1. The molecule has 0 fully saturated rings. The van der Waals surface area contributed by atoms with E-state index in [-0.39, 0.29) is 6.10 Å². The maximum absolute atomic E-state index is 9.70. The fourth-order valence-corrected chi connectivity index (χ4v) is 2.19. The molecule has 0 aliphatic rings. The van der Waals surface area contributed by atoms with Gasteiger partial charge in [-0.3, -0.25) is 0 Å². The minimum absolute atomic E-state index is 0.00580. The number of aliphatic hydroxyl groups is 1. The molecule has 0 aliphatic heterocycles. The first-order valence-electron chi connectivity index (χ1n) is 6.02. The topological polar surface area (TPSA) is 63.6 Å². The molecule has 2 N–H and O–H groups in total. The average molecular weight is 274 g/mol. The predicted molar refractivity (Wildman–Crippen MR) is 71.9 cm³/mol. The molecule has 0 aromatic carbocycles. The lowest BCUT2D eigenvalue weighted by molar-refractivity contribution is -0.0311. The van der Waals surface area contributed by atoms with E-state index in [1.54, 1.807) is 18.4 Å². The maximum atomic E-state index is 9.70. The summed E-state index contributed by atoms with van der Waals surface area (Å²) in [5, 5.41) is 15.9. The Hall–Kier alpha value is -0.530. The summed E-state index contributed by atoms with van der Waals surface area (Å²) in [4.78, 5) is 4.33. The zero-order chi connectivity index (χ0) is 13.4. The Kier molecular flexibility index (Phi) is 7.38. The molecule has 0 aliphatic carbocycles. The molecule has 5 nitrogen and oxygen atoms in total. The van der Waals surface area contributed by atoms with Crippen LogP contribution in [0.15, 0.2) is 5.38 Å². The lowest BCUT2D eigenvalue weighted by Crippen LogP contribution is -2.32. The predicted octanol–water partition coefficient (Wildman–Crippen LogP) is 0.954. The van der Waals surface area contributed by atoms with E-state index in [0.717, 1.165) is 10.7 Å². The second kappa shape index (κ2) is 8.55. The summed E-state index contributed by atoms with van der Waals surface area (Å²) >= 11 is 1.62. The van der Waals surface area contributed by atoms with E-state index in [1.165, 1.54) is 0 Å². The maximum Gasteiger partial charge on any atom is 0.107 e. The van der Waals surface area contributed by atoms with Crippen molar-refractivity contribution in [2.45, 2.75) is 32.6 Å². The van der Waals surface area contributed by atoms with E-state index in [9.17, 15) is 5.11 Å². The first kappa shape index (κ1) is 15.5. The Bertz CT molecular complexity index is 333. The van der Waals surface area contributed by atoms with Crippen LogP contribution in [0.1, 0.15) is 17.6 Å². The third kappa shape index (κ3) is 6.42. The number of methoxy groups -OCH3 is 1. The lowest BCUT2D eigenvalue weighted by atomic mass is 10.3. The second-order valence-corrected chi connectivity index (χ2v) is 5.21. The summed E-state index contributed by atoms with van der Waals surface area (Å²) in [5.41, 5.74) is 1.04. The monoisotopic (exact) mass is 274 g/mol. The number of nitrogens with zero attached hydrogens (tertiary/aromatic N) is 1. The van der Waals surface area contributed by atoms with Gasteiger partial charge in [-0.05, 0) is 13.8 Å². The molecule has 1 rings (SSSR count). The van der Waals surface area contributed by atoms with Crippen LogP contribution in [0.4, 0.5) is 0 Å². The number of ether oxygens (including phenoxy) is 2. The Labute approximate surface area is 112 Å². The number of hydrogen-bond acceptors (Lipinski definition) is 6. The third-order valence-corrected chi connectivity index (χ3v) is 3.26. The standard InChI is InChI=1S/C12H22N2O3S/c1-9-8-18-12(14-9)5-13-4-11(15)7-17-10(2)6-16-3/h8,10-11,13,15H,4-7H2,1-3H3. The quantitative estimate of drug-likeness (QED) is 0.702. The minimum Gasteiger partial charge on any atom is -0.389 e. The van der Waals surface area contributed by atoms with E-state index in [0.29, 0.717) is 26.3 Å². The van der Waals surface area contributed by atoms with Crippen LogP contribution >= 0.6 is 11.3 Å². The molecule has 0 saturated carbocycles. The van der Waals surface area contributed by atoms with E-state index in [1.807, 2.05) is 19.2 Å². The summed E-state index contributed by atoms with van der Waals surface area (Å²) in [6.45, 7) is 5.93. The molecule has 0 amide bonds. The van der Waals surface area contributed by atoms with Crippen LogP contribution in [0.25, 0.3) is 0 Å². The van der Waals surface area contributed by atoms with E-state index in [2.05, 4.69) is 10.3 Å². The third-order valence-electron chi connectivity index (χ3n) is 2.30. The molecule has 2 atom stereocenters. The molecule has 1 heterocycles. The summed E-state index contributed by atoms with van der Waals surface area (Å²) in [6.07, 6.45) is -0.503. The van der Waals surface area contributed by atoms with Crippen LogP contribution in [0, 0.1) is 6.92 Å². The molecular formula is C12H22N2O3S. The van der Waals surface area contributed by atoms with Crippen LogP contribution in [0.3, 0.4) is 0 Å². The van der Waals surface area contributed by atoms with Crippen LogP contribution in [-0.2, 0) is 16.0 Å². The molecule has 18 heavy (non-hydrogen) atoms. The Morgan fingerprint density at radius 1 is 1.50 bits per heavy atom. The number of nitrogens with one attached hydrogen (secondary N) is 1. The van der Waals surface area contributed by atoms with Crippen molar-refractivity contribution < 1.29 is 14.6 Å². The van der Waals surface area contributed by atoms with Gasteiger partial charge in [0.15, 0.2) is 0 Å². The number of hydrogen-bond donors (Lipinski definition) is 2. The lowest BCUT2D eigenvalue weighted by Gasteiger charge is -2.16. The van der Waals surface area contributed by atoms with Gasteiger partial charge in [0.1, 0.15) is 5.01 Å². The average Bonchev–Trinajstić information content (AvgIpc) is 2.73. The largest absolute Gasteiger partial charge is 0.389 e. The zero-order valence-electron chi connectivity index (χ0n) is 11.2. The highest BCUT2D eigenvalue weighted by molar-refractivity contribution is 7.09. The van der Waals surface area contributed by atoms with Crippen LogP contribution in [0.5, 0.6) is 0 Å². The Morgan fingerprint density at radius 3 is 2.89 bits per heavy atom. The number of aliphatic hydroxyl groups excluding tert-OH is 1. The summed E-state index contributed by atoms with van der Waals surface area (Å²) in [6, 6.07) is 0. The summed E-state index contributed by atoms with van der Waals surface area (Å²) in [7, 11) is 1.63. The van der Waals surface area contributed by atoms with Crippen molar-refractivity contribution >= 4 is 11.3 Å². The molecule has 1 aromatic heterocycles. The van der Waals surface area contributed by atoms with E-state index >= 15 is 0 Å². The number of aromatic nitrogens is 1. The van der Waals surface area contributed by atoms with E-state index in [4.69, 9.17) is 9.47 Å². The van der Waals surface area contributed by atoms with Gasteiger partial charge in [-0.1, -0.05) is 0 Å². The van der Waals surface area contributed by atoms with Gasteiger partial charge < -0.3 is 19.9 Å². The number of thiazole rings is 1. The van der Waals surface area contributed by atoms with Crippen molar-refractivity contribution in [3.05, 3.63) is 16.1 Å². The van der Waals surface area contributed by atoms with Gasteiger partial charge in [0.2, 0.25) is 0 Å². The van der Waals surface area contributed by atoms with Crippen molar-refractivity contribution in [2.24, 2.45) is 0 Å². The molecule has 0 bridgehead atoms. The summed E-state index contributed by atoms with van der Waals surface area (Å²) in [5.74, 6) is 0. The molecule has 1 aromatic rings. The fraction of sp³-hybridized carbons (Fsp3) is 0.750. The van der Waals surface area contributed by atoms with Gasteiger partial charge in [-0.15, -0.1) is 11.3 Å². The summed E-state index contributed by atoms with van der Waals surface area (Å²) < 4.78 is 10.4. The molecule has 2 unspecified atom stereocenters. The number of rotatable bonds is 9. The second-order valence-electron chi connectivity index (χ2n) is 4.27. The first-order valence-corrected chi connectivity index (χ1v) is 6.90. The highest BCUT2D eigenvalue weighted by Crippen LogP contribution is 2.07. The van der Waals surface area contributed by atoms with Crippen molar-refractivity contribution in [3.8, 4) is 0 Å². The van der Waals surface area contributed by atoms with Crippen molar-refractivity contribution in [1.82, 2.24) is 10.3 Å². The van der Waals surface area contributed by atoms with Gasteiger partial charge in [0.25, 0.3) is 0 Å². The van der Waals surface area contributed by atoms with Crippen LogP contribution < -0.4 is 5.32 Å². The normalized spacial score (nSPS) is 14.7. The molecule has 6 heteroatoms. The Balaban J connectivity index is 2.08. The van der Waals surface area contributed by atoms with Crippen molar-refractivity contribution in [2.75, 3.05) is 26.9 Å². The first-order chi connectivity index (χ1) is 8.61. The van der Waals surface area contributed by atoms with Gasteiger partial charge >= 0.3 is 0 Å². The van der Waals surface area contributed by atoms with Gasteiger partial charge in [0.05, 0.1) is 25.4 Å². The SMILES string of the molecule is COCC(C)OCC(O)CNCc1nc(C)cs1. The molecule has 0 radical (unpaired) electrons. The van der Waals surface area contributed by atoms with Gasteiger partial charge in [-0.2, -0.15) is 0 Å². The highest BCUT2D eigenvalue weighted by Gasteiger charge is 2.08. The molecule has 0 spiro atoms. The van der Waals surface area contributed by atoms with E-state index < -0.39 is 6.10 Å². The smallest absolute Gasteiger partial charge is 0.107 e. The fourth-order valence-electron chi connectivity index (χ4n) is 1.45. The van der Waals surface area contributed by atoms with Crippen LogP contribution in [0.2, 0.25) is 0 Å². The van der Waals surface area contributed by atoms with Crippen molar-refractivity contribution in [3.63, 3.8) is 0 Å².